The minimum atomic E-state index is -2.74. The van der Waals surface area contributed by atoms with E-state index in [1.165, 1.54) is 4.90 Å². The molecule has 0 spiro atoms. The van der Waals surface area contributed by atoms with E-state index < -0.39 is 30.8 Å². The molecule has 0 saturated carbocycles. The highest BCUT2D eigenvalue weighted by Crippen LogP contribution is 2.28. The monoisotopic (exact) mass is 273 g/mol. The summed E-state index contributed by atoms with van der Waals surface area (Å²) in [5.41, 5.74) is 0.569. The number of aliphatic hydroxyl groups is 3. The Bertz CT molecular complexity index is 404. The minimum Gasteiger partial charge on any atom is -0.390 e. The second-order valence-corrected chi connectivity index (χ2v) is 4.79. The number of hydrogen-bond donors (Lipinski definition) is 3. The van der Waals surface area contributed by atoms with E-state index in [-0.39, 0.29) is 13.1 Å². The normalized spacial score (nSPS) is 30.5. The molecule has 1 aromatic rings. The number of alkyl halides is 2. The van der Waals surface area contributed by atoms with Crippen molar-refractivity contribution in [1.29, 1.82) is 0 Å². The predicted octanol–water partition coefficient (Wildman–Crippen LogP) is 0.596. The zero-order valence-electron chi connectivity index (χ0n) is 10.2. The summed E-state index contributed by atoms with van der Waals surface area (Å²) in [5.74, 6) is -1.36. The highest BCUT2D eigenvalue weighted by molar-refractivity contribution is 5.17. The highest BCUT2D eigenvalue weighted by atomic mass is 19.3. The summed E-state index contributed by atoms with van der Waals surface area (Å²) in [4.78, 5) is 1.35. The molecule has 3 N–H and O–H groups in total. The van der Waals surface area contributed by atoms with Gasteiger partial charge in [0.15, 0.2) is 0 Å². The number of hydrogen-bond acceptors (Lipinski definition) is 4. The van der Waals surface area contributed by atoms with Gasteiger partial charge in [-0.2, -0.15) is 0 Å². The molecule has 1 heterocycles. The van der Waals surface area contributed by atoms with Crippen LogP contribution in [-0.2, 0) is 0 Å². The van der Waals surface area contributed by atoms with Crippen molar-refractivity contribution in [3.05, 3.63) is 35.9 Å². The van der Waals surface area contributed by atoms with Crippen molar-refractivity contribution < 1.29 is 24.1 Å². The maximum atomic E-state index is 12.8. The first-order valence-electron chi connectivity index (χ1n) is 6.12. The van der Waals surface area contributed by atoms with E-state index in [1.807, 2.05) is 0 Å². The molecule has 1 aliphatic heterocycles. The molecule has 4 atom stereocenters. The summed E-state index contributed by atoms with van der Waals surface area (Å²) >= 11 is 0. The first-order valence-corrected chi connectivity index (χ1v) is 6.12. The molecule has 0 amide bonds. The van der Waals surface area contributed by atoms with Crippen LogP contribution in [0, 0.1) is 5.92 Å². The van der Waals surface area contributed by atoms with Gasteiger partial charge >= 0.3 is 0 Å². The van der Waals surface area contributed by atoms with Gasteiger partial charge in [0.2, 0.25) is 6.43 Å². The fourth-order valence-electron chi connectivity index (χ4n) is 2.35. The SMILES string of the molecule is OC1CN(C(O)c2ccccc2)CC(C(F)F)C1O. The molecule has 0 aliphatic carbocycles. The Morgan fingerprint density at radius 1 is 1.11 bits per heavy atom. The van der Waals surface area contributed by atoms with Gasteiger partial charge in [-0.15, -0.1) is 0 Å². The van der Waals surface area contributed by atoms with Crippen LogP contribution in [0.2, 0.25) is 0 Å². The van der Waals surface area contributed by atoms with Crippen molar-refractivity contribution in [2.45, 2.75) is 24.9 Å². The number of rotatable bonds is 3. The molecule has 106 valence electrons. The molecule has 6 heteroatoms. The van der Waals surface area contributed by atoms with Crippen molar-refractivity contribution in [1.82, 2.24) is 4.90 Å². The van der Waals surface area contributed by atoms with Gasteiger partial charge in [0, 0.05) is 13.1 Å². The molecule has 0 radical (unpaired) electrons. The maximum Gasteiger partial charge on any atom is 0.245 e. The Kier molecular flexibility index (Phi) is 4.46. The Morgan fingerprint density at radius 3 is 2.32 bits per heavy atom. The van der Waals surface area contributed by atoms with E-state index in [1.54, 1.807) is 30.3 Å². The van der Waals surface area contributed by atoms with Gasteiger partial charge in [-0.1, -0.05) is 30.3 Å². The molecule has 1 fully saturated rings. The molecule has 4 nitrogen and oxygen atoms in total. The summed E-state index contributed by atoms with van der Waals surface area (Å²) in [5, 5.41) is 29.3. The van der Waals surface area contributed by atoms with E-state index in [0.29, 0.717) is 5.56 Å². The first-order chi connectivity index (χ1) is 9.00. The molecular weight excluding hydrogens is 256 g/mol. The van der Waals surface area contributed by atoms with Gasteiger partial charge in [-0.05, 0) is 5.56 Å². The lowest BCUT2D eigenvalue weighted by molar-refractivity contribution is -0.148. The summed E-state index contributed by atoms with van der Waals surface area (Å²) in [6.45, 7) is -0.202. The van der Waals surface area contributed by atoms with E-state index >= 15 is 0 Å². The molecule has 19 heavy (non-hydrogen) atoms. The van der Waals surface area contributed by atoms with Crippen molar-refractivity contribution >= 4 is 0 Å². The topological polar surface area (TPSA) is 63.9 Å². The Labute approximate surface area is 109 Å². The van der Waals surface area contributed by atoms with Crippen molar-refractivity contribution in [3.8, 4) is 0 Å². The Hall–Kier alpha value is -1.08. The Morgan fingerprint density at radius 2 is 1.74 bits per heavy atom. The van der Waals surface area contributed by atoms with Crippen LogP contribution in [0.25, 0.3) is 0 Å². The van der Waals surface area contributed by atoms with Gasteiger partial charge < -0.3 is 15.3 Å². The number of aliphatic hydroxyl groups excluding tert-OH is 3. The summed E-state index contributed by atoms with van der Waals surface area (Å²) in [6.07, 6.45) is -6.55. The third-order valence-corrected chi connectivity index (χ3v) is 3.47. The van der Waals surface area contributed by atoms with Crippen LogP contribution >= 0.6 is 0 Å². The van der Waals surface area contributed by atoms with Crippen LogP contribution < -0.4 is 0 Å². The lowest BCUT2D eigenvalue weighted by Crippen LogP contribution is -2.55. The van der Waals surface area contributed by atoms with E-state index in [9.17, 15) is 24.1 Å². The zero-order valence-corrected chi connectivity index (χ0v) is 10.2. The number of β-amino-alcohol motifs (C(OH)–C–C–N with tert-alkyl or cyclic N) is 1. The number of piperidine rings is 1. The standard InChI is InChI=1S/C13H17F2NO3/c14-12(15)9-6-16(7-10(17)11(9)18)13(19)8-4-2-1-3-5-8/h1-5,9-13,17-19H,6-7H2. The predicted molar refractivity (Wildman–Crippen MR) is 64.5 cm³/mol. The largest absolute Gasteiger partial charge is 0.390 e. The lowest BCUT2D eigenvalue weighted by atomic mass is 9.92. The third-order valence-electron chi connectivity index (χ3n) is 3.47. The molecule has 1 aliphatic rings. The first kappa shape index (κ1) is 14.3. The van der Waals surface area contributed by atoms with Gasteiger partial charge in [0.25, 0.3) is 0 Å². The average Bonchev–Trinajstić information content (AvgIpc) is 2.41. The van der Waals surface area contributed by atoms with Crippen molar-refractivity contribution in [3.63, 3.8) is 0 Å². The van der Waals surface area contributed by atoms with Crippen LogP contribution in [0.4, 0.5) is 8.78 Å². The molecule has 1 aromatic carbocycles. The lowest BCUT2D eigenvalue weighted by Gasteiger charge is -2.41. The van der Waals surface area contributed by atoms with Crippen molar-refractivity contribution in [2.24, 2.45) is 5.92 Å². The van der Waals surface area contributed by atoms with Crippen molar-refractivity contribution in [2.75, 3.05) is 13.1 Å². The molecule has 4 unspecified atom stereocenters. The smallest absolute Gasteiger partial charge is 0.245 e. The maximum absolute atomic E-state index is 12.8. The second kappa shape index (κ2) is 5.92. The van der Waals surface area contributed by atoms with Crippen LogP contribution in [0.15, 0.2) is 30.3 Å². The molecule has 2 rings (SSSR count). The average molecular weight is 273 g/mol. The number of likely N-dealkylation sites (tertiary alicyclic amines) is 1. The van der Waals surface area contributed by atoms with Gasteiger partial charge in [0.1, 0.15) is 6.23 Å². The summed E-state index contributed by atoms with van der Waals surface area (Å²) in [7, 11) is 0. The van der Waals surface area contributed by atoms with Gasteiger partial charge in [-0.25, -0.2) is 8.78 Å². The minimum absolute atomic E-state index is 0.0412. The van der Waals surface area contributed by atoms with E-state index in [4.69, 9.17) is 0 Å². The summed E-state index contributed by atoms with van der Waals surface area (Å²) < 4.78 is 25.6. The fraction of sp³-hybridized carbons (Fsp3) is 0.538. The Balaban J connectivity index is 2.12. The summed E-state index contributed by atoms with van der Waals surface area (Å²) in [6, 6.07) is 8.61. The highest BCUT2D eigenvalue weighted by Gasteiger charge is 2.41. The zero-order chi connectivity index (χ0) is 14.0. The van der Waals surface area contributed by atoms with E-state index in [2.05, 4.69) is 0 Å². The molecule has 1 saturated heterocycles. The van der Waals surface area contributed by atoms with Gasteiger partial charge in [0.05, 0.1) is 18.1 Å². The van der Waals surface area contributed by atoms with Crippen LogP contribution in [0.1, 0.15) is 11.8 Å². The molecular formula is C13H17F2NO3. The van der Waals surface area contributed by atoms with Gasteiger partial charge in [-0.3, -0.25) is 4.90 Å². The molecule has 0 aromatic heterocycles. The van der Waals surface area contributed by atoms with Crippen LogP contribution in [0.5, 0.6) is 0 Å². The van der Waals surface area contributed by atoms with Crippen LogP contribution in [0.3, 0.4) is 0 Å². The fourth-order valence-corrected chi connectivity index (χ4v) is 2.35. The quantitative estimate of drug-likeness (QED) is 0.754. The number of benzene rings is 1. The second-order valence-electron chi connectivity index (χ2n) is 4.79. The third kappa shape index (κ3) is 3.09. The number of halogens is 2. The van der Waals surface area contributed by atoms with Crippen LogP contribution in [-0.4, -0.2) is 51.9 Å². The number of nitrogens with zero attached hydrogens (tertiary/aromatic N) is 1. The molecule has 0 bridgehead atoms. The van der Waals surface area contributed by atoms with E-state index in [0.717, 1.165) is 0 Å².